The fraction of sp³-hybridized carbons (Fsp3) is 0.417. The minimum Gasteiger partial charge on any atom is -0.483 e. The highest BCUT2D eigenvalue weighted by atomic mass is 32.1. The highest BCUT2D eigenvalue weighted by Crippen LogP contribution is 2.47. The van der Waals surface area contributed by atoms with E-state index >= 15 is 0 Å². The zero-order chi connectivity index (χ0) is 23.1. The molecule has 2 aliphatic rings. The summed E-state index contributed by atoms with van der Waals surface area (Å²) in [6, 6.07) is 10.3. The Morgan fingerprint density at radius 2 is 1.91 bits per heavy atom. The molecule has 1 spiro atoms. The number of carbonyl (C=O) groups is 1. The van der Waals surface area contributed by atoms with Gasteiger partial charge in [-0.3, -0.25) is 4.79 Å². The Labute approximate surface area is 197 Å². The summed E-state index contributed by atoms with van der Waals surface area (Å²) < 4.78 is 0. The van der Waals surface area contributed by atoms with Crippen LogP contribution in [0.15, 0.2) is 41.2 Å². The lowest BCUT2D eigenvalue weighted by Gasteiger charge is -2.39. The molecule has 3 aromatic rings. The number of benzene rings is 1. The molecule has 8 nitrogen and oxygen atoms in total. The number of nitrogens with one attached hydrogen (secondary N) is 1. The van der Waals surface area contributed by atoms with Gasteiger partial charge >= 0.3 is 0 Å². The molecule has 1 aromatic carbocycles. The minimum atomic E-state index is -0.250. The van der Waals surface area contributed by atoms with E-state index in [-0.39, 0.29) is 18.5 Å². The van der Waals surface area contributed by atoms with Gasteiger partial charge in [-0.25, -0.2) is 15.0 Å². The lowest BCUT2D eigenvalue weighted by atomic mass is 9.76. The van der Waals surface area contributed by atoms with Crippen molar-refractivity contribution in [2.45, 2.75) is 37.6 Å². The van der Waals surface area contributed by atoms with Gasteiger partial charge in [0.15, 0.2) is 5.82 Å². The van der Waals surface area contributed by atoms with E-state index in [1.807, 2.05) is 23.7 Å². The molecule has 1 fully saturated rings. The summed E-state index contributed by atoms with van der Waals surface area (Å²) in [4.78, 5) is 25.2. The number of aliphatic hydroxyl groups is 1. The summed E-state index contributed by atoms with van der Waals surface area (Å²) in [6.45, 7) is 3.47. The number of fused-ring (bicyclic) bond motifs is 2. The van der Waals surface area contributed by atoms with E-state index in [1.165, 1.54) is 11.3 Å². The van der Waals surface area contributed by atoms with Gasteiger partial charge < -0.3 is 20.4 Å². The van der Waals surface area contributed by atoms with Crippen molar-refractivity contribution in [1.82, 2.24) is 19.9 Å². The maximum Gasteiger partial charge on any atom is 0.290 e. The van der Waals surface area contributed by atoms with Crippen LogP contribution in [-0.4, -0.2) is 62.8 Å². The second-order valence-electron chi connectivity index (χ2n) is 8.37. The summed E-state index contributed by atoms with van der Waals surface area (Å²) in [7, 11) is 0. The number of likely N-dealkylation sites (tertiary alicyclic amines) is 1. The first-order valence-electron chi connectivity index (χ1n) is 11.2. The van der Waals surface area contributed by atoms with E-state index in [9.17, 15) is 5.11 Å². The molecule has 5 rings (SSSR count). The standard InChI is InChI=1S/C23H27N5OS.CH2O2/c29-13-12-28-10-8-23(9-11-28)7-6-19-20(23)26-21(17-4-2-1-3-5-17)27-22(19)24-14-18-15-30-16-25-18;2-1-3/h1-5,15-16,29H,6-14H2,(H,24,26,27);1H,(H,2,3). The Kier molecular flexibility index (Phi) is 7.64. The predicted octanol–water partition coefficient (Wildman–Crippen LogP) is 3.19. The molecular formula is C24H29N5O3S. The quantitative estimate of drug-likeness (QED) is 0.474. The molecule has 0 saturated carbocycles. The number of thiazole rings is 1. The third-order valence-electron chi connectivity index (χ3n) is 6.54. The molecule has 174 valence electrons. The van der Waals surface area contributed by atoms with Crippen molar-refractivity contribution in [3.05, 3.63) is 58.2 Å². The first-order chi connectivity index (χ1) is 16.2. The molecule has 0 bridgehead atoms. The number of anilines is 1. The monoisotopic (exact) mass is 467 g/mol. The van der Waals surface area contributed by atoms with E-state index in [4.69, 9.17) is 19.9 Å². The van der Waals surface area contributed by atoms with E-state index in [0.29, 0.717) is 6.54 Å². The van der Waals surface area contributed by atoms with Gasteiger partial charge in [0.25, 0.3) is 6.47 Å². The van der Waals surface area contributed by atoms with Gasteiger partial charge in [0.2, 0.25) is 0 Å². The third kappa shape index (κ3) is 5.21. The number of piperidine rings is 1. The van der Waals surface area contributed by atoms with Gasteiger partial charge in [0.1, 0.15) is 5.82 Å². The van der Waals surface area contributed by atoms with Crippen LogP contribution >= 0.6 is 11.3 Å². The van der Waals surface area contributed by atoms with Gasteiger partial charge in [-0.2, -0.15) is 0 Å². The first kappa shape index (κ1) is 23.3. The lowest BCUT2D eigenvalue weighted by Crippen LogP contribution is -2.43. The van der Waals surface area contributed by atoms with E-state index in [2.05, 4.69) is 32.7 Å². The fourth-order valence-electron chi connectivity index (χ4n) is 4.84. The molecule has 1 aliphatic carbocycles. The summed E-state index contributed by atoms with van der Waals surface area (Å²) in [5.41, 5.74) is 6.60. The zero-order valence-corrected chi connectivity index (χ0v) is 19.3. The normalized spacial score (nSPS) is 16.6. The van der Waals surface area contributed by atoms with Crippen LogP contribution in [0.3, 0.4) is 0 Å². The number of hydrogen-bond acceptors (Lipinski definition) is 8. The van der Waals surface area contributed by atoms with Crippen LogP contribution in [0.25, 0.3) is 11.4 Å². The minimum absolute atomic E-state index is 0.130. The summed E-state index contributed by atoms with van der Waals surface area (Å²) >= 11 is 1.62. The van der Waals surface area contributed by atoms with Crippen LogP contribution < -0.4 is 5.32 Å². The van der Waals surface area contributed by atoms with Crippen LogP contribution in [0.5, 0.6) is 0 Å². The highest BCUT2D eigenvalue weighted by molar-refractivity contribution is 7.07. The molecule has 1 saturated heterocycles. The van der Waals surface area contributed by atoms with Crippen LogP contribution in [0.4, 0.5) is 5.82 Å². The number of aliphatic hydroxyl groups excluding tert-OH is 1. The number of aromatic nitrogens is 3. The summed E-state index contributed by atoms with van der Waals surface area (Å²) in [6.07, 6.45) is 4.34. The van der Waals surface area contributed by atoms with Crippen molar-refractivity contribution >= 4 is 23.6 Å². The van der Waals surface area contributed by atoms with E-state index in [1.54, 1.807) is 11.3 Å². The largest absolute Gasteiger partial charge is 0.483 e. The molecule has 0 atom stereocenters. The lowest BCUT2D eigenvalue weighted by molar-refractivity contribution is -0.122. The van der Waals surface area contributed by atoms with Crippen LogP contribution in [0, 0.1) is 0 Å². The number of β-amino-alcohol motifs (C(OH)–C–C–N with tert-alkyl or cyclic N) is 1. The Bertz CT molecular complexity index is 1040. The van der Waals surface area contributed by atoms with Crippen molar-refractivity contribution in [1.29, 1.82) is 0 Å². The maximum atomic E-state index is 9.29. The molecular weight excluding hydrogens is 438 g/mol. The van der Waals surface area contributed by atoms with E-state index in [0.717, 1.165) is 68.2 Å². The van der Waals surface area contributed by atoms with Crippen LogP contribution in [0.1, 0.15) is 36.2 Å². The average molecular weight is 468 g/mol. The van der Waals surface area contributed by atoms with Gasteiger partial charge in [-0.1, -0.05) is 30.3 Å². The number of carboxylic acid groups (broad SMARTS) is 1. The number of hydrogen-bond donors (Lipinski definition) is 3. The number of nitrogens with zero attached hydrogens (tertiary/aromatic N) is 4. The Balaban J connectivity index is 0.000000821. The average Bonchev–Trinajstić information content (AvgIpc) is 3.49. The molecule has 0 amide bonds. The van der Waals surface area contributed by atoms with Crippen molar-refractivity contribution in [3.8, 4) is 11.4 Å². The van der Waals surface area contributed by atoms with E-state index < -0.39 is 0 Å². The smallest absolute Gasteiger partial charge is 0.290 e. The highest BCUT2D eigenvalue weighted by Gasteiger charge is 2.44. The Hall–Kier alpha value is -2.88. The fourth-order valence-corrected chi connectivity index (χ4v) is 5.40. The molecule has 0 unspecified atom stereocenters. The van der Waals surface area contributed by atoms with Gasteiger partial charge in [-0.05, 0) is 38.8 Å². The van der Waals surface area contributed by atoms with Crippen LogP contribution in [0.2, 0.25) is 0 Å². The van der Waals surface area contributed by atoms with Crippen molar-refractivity contribution in [3.63, 3.8) is 0 Å². The maximum absolute atomic E-state index is 9.29. The third-order valence-corrected chi connectivity index (χ3v) is 7.18. The van der Waals surface area contributed by atoms with Crippen molar-refractivity contribution in [2.24, 2.45) is 0 Å². The molecule has 2 aromatic heterocycles. The van der Waals surface area contributed by atoms with Crippen molar-refractivity contribution in [2.75, 3.05) is 31.6 Å². The summed E-state index contributed by atoms with van der Waals surface area (Å²) in [5.74, 6) is 1.76. The SMILES string of the molecule is O=CO.OCCN1CCC2(CCc3c(NCc4cscn4)nc(-c4ccccc4)nc32)CC1. The van der Waals surface area contributed by atoms with Gasteiger partial charge in [-0.15, -0.1) is 11.3 Å². The van der Waals surface area contributed by atoms with Gasteiger partial charge in [0.05, 0.1) is 30.1 Å². The molecule has 1 aliphatic heterocycles. The molecule has 3 N–H and O–H groups in total. The van der Waals surface area contributed by atoms with Crippen LogP contribution in [-0.2, 0) is 23.2 Å². The molecule has 3 heterocycles. The topological polar surface area (TPSA) is 111 Å². The number of rotatable bonds is 6. The molecule has 33 heavy (non-hydrogen) atoms. The zero-order valence-electron chi connectivity index (χ0n) is 18.5. The predicted molar refractivity (Wildman–Crippen MR) is 128 cm³/mol. The van der Waals surface area contributed by atoms with Gasteiger partial charge in [0, 0.05) is 28.5 Å². The molecule has 9 heteroatoms. The summed E-state index contributed by atoms with van der Waals surface area (Å²) in [5, 5.41) is 21.8. The molecule has 0 radical (unpaired) electrons. The Morgan fingerprint density at radius 1 is 1.15 bits per heavy atom. The first-order valence-corrected chi connectivity index (χ1v) is 12.1. The second kappa shape index (κ2) is 10.8. The van der Waals surface area contributed by atoms with Crippen molar-refractivity contribution < 1.29 is 15.0 Å². The second-order valence-corrected chi connectivity index (χ2v) is 9.09. The Morgan fingerprint density at radius 3 is 2.58 bits per heavy atom.